The number of hydrogen-bond acceptors (Lipinski definition) is 7. The number of carbonyl (C=O) groups excluding carboxylic acids is 2. The lowest BCUT2D eigenvalue weighted by Crippen LogP contribution is -2.29. The van der Waals surface area contributed by atoms with Crippen LogP contribution in [0.5, 0.6) is 5.75 Å². The molecule has 32 heavy (non-hydrogen) atoms. The minimum atomic E-state index is -0.188. The molecule has 2 N–H and O–H groups in total. The van der Waals surface area contributed by atoms with E-state index in [9.17, 15) is 14.7 Å². The van der Waals surface area contributed by atoms with Crippen molar-refractivity contribution in [2.45, 2.75) is 19.4 Å². The van der Waals surface area contributed by atoms with E-state index in [1.165, 1.54) is 0 Å². The molecule has 0 saturated carbocycles. The summed E-state index contributed by atoms with van der Waals surface area (Å²) < 4.78 is 5.80. The molecule has 4 rings (SSSR count). The third-order valence-electron chi connectivity index (χ3n) is 5.25. The summed E-state index contributed by atoms with van der Waals surface area (Å²) in [6.45, 7) is 1.50. The molecular formula is C24H24N4O4. The summed E-state index contributed by atoms with van der Waals surface area (Å²) in [6.07, 6.45) is 3.94. The molecule has 1 aliphatic heterocycles. The molecule has 0 spiro atoms. The van der Waals surface area contributed by atoms with Gasteiger partial charge in [0.25, 0.3) is 0 Å². The fourth-order valence-electron chi connectivity index (χ4n) is 3.61. The number of carbonyl (C=O) groups is 2. The maximum absolute atomic E-state index is 11.7. The number of benzene rings is 2. The summed E-state index contributed by atoms with van der Waals surface area (Å²) >= 11 is 0. The van der Waals surface area contributed by atoms with Crippen LogP contribution in [0.15, 0.2) is 54.7 Å². The van der Waals surface area contributed by atoms with E-state index < -0.39 is 0 Å². The number of aldehydes is 1. The lowest BCUT2D eigenvalue weighted by atomic mass is 10.1. The molecule has 1 aliphatic rings. The summed E-state index contributed by atoms with van der Waals surface area (Å²) in [5, 5.41) is 12.9. The van der Waals surface area contributed by atoms with Crippen molar-refractivity contribution in [3.8, 4) is 17.0 Å². The van der Waals surface area contributed by atoms with Crippen LogP contribution in [0, 0.1) is 0 Å². The molecule has 0 radical (unpaired) electrons. The largest absolute Gasteiger partial charge is 0.491 e. The van der Waals surface area contributed by atoms with Gasteiger partial charge in [0.05, 0.1) is 18.8 Å². The third kappa shape index (κ3) is 5.09. The van der Waals surface area contributed by atoms with Crippen molar-refractivity contribution in [2.75, 3.05) is 25.0 Å². The van der Waals surface area contributed by atoms with Gasteiger partial charge in [0, 0.05) is 41.5 Å². The summed E-state index contributed by atoms with van der Waals surface area (Å²) in [6, 6.07) is 14.3. The Hall–Kier alpha value is -3.78. The number of nitrogens with zero attached hydrogens (tertiary/aromatic N) is 3. The van der Waals surface area contributed by atoms with Gasteiger partial charge in [-0.2, -0.15) is 0 Å². The molecule has 2 heterocycles. The number of likely N-dealkylation sites (tertiary alicyclic amines) is 1. The molecule has 2 aromatic carbocycles. The molecule has 0 aliphatic carbocycles. The second-order valence-electron chi connectivity index (χ2n) is 7.45. The molecule has 1 aromatic heterocycles. The predicted octanol–water partition coefficient (Wildman–Crippen LogP) is 3.19. The highest BCUT2D eigenvalue weighted by molar-refractivity contribution is 5.78. The van der Waals surface area contributed by atoms with E-state index in [4.69, 9.17) is 4.74 Å². The second kappa shape index (κ2) is 10.0. The van der Waals surface area contributed by atoms with E-state index >= 15 is 0 Å². The van der Waals surface area contributed by atoms with Crippen molar-refractivity contribution >= 4 is 23.8 Å². The number of amides is 1. The number of rotatable bonds is 9. The minimum absolute atomic E-state index is 0.163. The lowest BCUT2D eigenvalue weighted by Gasteiger charge is -2.17. The average Bonchev–Trinajstić information content (AvgIpc) is 3.24. The molecule has 164 valence electrons. The van der Waals surface area contributed by atoms with Crippen molar-refractivity contribution in [1.29, 1.82) is 0 Å². The molecule has 1 amide bonds. The minimum Gasteiger partial charge on any atom is -0.491 e. The Morgan fingerprint density at radius 3 is 2.88 bits per heavy atom. The molecule has 0 bridgehead atoms. The number of anilines is 2. The van der Waals surface area contributed by atoms with Crippen LogP contribution in [0.4, 0.5) is 11.6 Å². The molecular weight excluding hydrogens is 408 g/mol. The number of aromatic nitrogens is 2. The van der Waals surface area contributed by atoms with Crippen LogP contribution >= 0.6 is 0 Å². The van der Waals surface area contributed by atoms with Gasteiger partial charge in [-0.05, 0) is 36.8 Å². The van der Waals surface area contributed by atoms with Gasteiger partial charge >= 0.3 is 0 Å². The molecule has 1 fully saturated rings. The number of hydrogen-bond donors (Lipinski definition) is 2. The van der Waals surface area contributed by atoms with Crippen molar-refractivity contribution in [3.63, 3.8) is 0 Å². The Labute approximate surface area is 185 Å². The second-order valence-corrected chi connectivity index (χ2v) is 7.45. The van der Waals surface area contributed by atoms with Gasteiger partial charge in [-0.15, -0.1) is 0 Å². The van der Waals surface area contributed by atoms with Gasteiger partial charge in [0.2, 0.25) is 11.9 Å². The van der Waals surface area contributed by atoms with E-state index in [0.717, 1.165) is 24.8 Å². The van der Waals surface area contributed by atoms with Crippen molar-refractivity contribution in [1.82, 2.24) is 14.9 Å². The van der Waals surface area contributed by atoms with Gasteiger partial charge in [0.15, 0.2) is 0 Å². The van der Waals surface area contributed by atoms with Gasteiger partial charge in [-0.25, -0.2) is 9.97 Å². The topological polar surface area (TPSA) is 105 Å². The fraction of sp³-hybridized carbons (Fsp3) is 0.250. The Bertz CT molecular complexity index is 1120. The SMILES string of the molecule is O=Cc1cccc(-c2ccnc(Nc3ccc(OCCN4CCCC4=O)c(CO)c3)n2)c1. The summed E-state index contributed by atoms with van der Waals surface area (Å²) in [5.74, 6) is 1.13. The van der Waals surface area contributed by atoms with Crippen LogP contribution in [0.1, 0.15) is 28.8 Å². The Morgan fingerprint density at radius 1 is 1.19 bits per heavy atom. The monoisotopic (exact) mass is 432 g/mol. The van der Waals surface area contributed by atoms with E-state index in [1.54, 1.807) is 47.5 Å². The first-order valence-corrected chi connectivity index (χ1v) is 10.5. The number of aliphatic hydroxyl groups excluding tert-OH is 1. The summed E-state index contributed by atoms with van der Waals surface area (Å²) in [7, 11) is 0. The number of nitrogens with one attached hydrogen (secondary N) is 1. The lowest BCUT2D eigenvalue weighted by molar-refractivity contribution is -0.128. The van der Waals surface area contributed by atoms with Gasteiger partial charge < -0.3 is 20.1 Å². The maximum atomic E-state index is 11.7. The molecule has 8 nitrogen and oxygen atoms in total. The highest BCUT2D eigenvalue weighted by atomic mass is 16.5. The van der Waals surface area contributed by atoms with Gasteiger partial charge in [-0.3, -0.25) is 9.59 Å². The highest BCUT2D eigenvalue weighted by Crippen LogP contribution is 2.26. The van der Waals surface area contributed by atoms with Crippen molar-refractivity contribution in [3.05, 3.63) is 65.9 Å². The highest BCUT2D eigenvalue weighted by Gasteiger charge is 2.19. The zero-order valence-corrected chi connectivity index (χ0v) is 17.5. The number of ether oxygens (including phenoxy) is 1. The van der Waals surface area contributed by atoms with E-state index in [0.29, 0.717) is 53.8 Å². The van der Waals surface area contributed by atoms with Gasteiger partial charge in [-0.1, -0.05) is 18.2 Å². The molecule has 1 saturated heterocycles. The zero-order chi connectivity index (χ0) is 22.3. The Morgan fingerprint density at radius 2 is 2.09 bits per heavy atom. The van der Waals surface area contributed by atoms with Crippen LogP contribution < -0.4 is 10.1 Å². The fourth-order valence-corrected chi connectivity index (χ4v) is 3.61. The standard InChI is InChI=1S/C24H24N4O4/c29-15-17-3-1-4-18(13-17)21-8-9-25-24(27-21)26-20-6-7-22(19(14-20)16-30)32-12-11-28-10-2-5-23(28)31/h1,3-4,6-9,13-15,30H,2,5,10-12,16H2,(H,25,26,27). The first-order chi connectivity index (χ1) is 15.7. The third-order valence-corrected chi connectivity index (χ3v) is 5.25. The van der Waals surface area contributed by atoms with Crippen LogP contribution in [0.3, 0.4) is 0 Å². The first-order valence-electron chi connectivity index (χ1n) is 10.5. The summed E-state index contributed by atoms with van der Waals surface area (Å²) in [4.78, 5) is 33.3. The maximum Gasteiger partial charge on any atom is 0.227 e. The van der Waals surface area contributed by atoms with Crippen LogP contribution in [0.25, 0.3) is 11.3 Å². The molecule has 0 unspecified atom stereocenters. The van der Waals surface area contributed by atoms with Crippen molar-refractivity contribution in [2.24, 2.45) is 0 Å². The normalized spacial score (nSPS) is 13.3. The predicted molar refractivity (Wildman–Crippen MR) is 120 cm³/mol. The molecule has 8 heteroatoms. The quantitative estimate of drug-likeness (QED) is 0.500. The van der Waals surface area contributed by atoms with E-state index in [2.05, 4.69) is 15.3 Å². The molecule has 3 aromatic rings. The van der Waals surface area contributed by atoms with E-state index in [1.807, 2.05) is 12.1 Å². The average molecular weight is 432 g/mol. The summed E-state index contributed by atoms with van der Waals surface area (Å²) in [5.41, 5.74) is 3.40. The molecule has 0 atom stereocenters. The number of aliphatic hydroxyl groups is 1. The van der Waals surface area contributed by atoms with Crippen molar-refractivity contribution < 1.29 is 19.4 Å². The first kappa shape index (κ1) is 21.5. The van der Waals surface area contributed by atoms with Crippen LogP contribution in [-0.2, 0) is 11.4 Å². The Balaban J connectivity index is 1.44. The van der Waals surface area contributed by atoms with E-state index in [-0.39, 0.29) is 12.5 Å². The zero-order valence-electron chi connectivity index (χ0n) is 17.5. The van der Waals surface area contributed by atoms with Gasteiger partial charge in [0.1, 0.15) is 18.6 Å². The Kier molecular flexibility index (Phi) is 6.72. The van der Waals surface area contributed by atoms with Crippen LogP contribution in [0.2, 0.25) is 0 Å². The smallest absolute Gasteiger partial charge is 0.227 e. The van der Waals surface area contributed by atoms with Crippen LogP contribution in [-0.4, -0.2) is 51.9 Å².